The van der Waals surface area contributed by atoms with Gasteiger partial charge >= 0.3 is 0 Å². The average molecular weight is 435 g/mol. The Bertz CT molecular complexity index is 1040. The molecular formula is C20H26N4O5S. The molecule has 1 aliphatic heterocycles. The number of pyridine rings is 1. The van der Waals surface area contributed by atoms with E-state index in [1.54, 1.807) is 26.0 Å². The van der Waals surface area contributed by atoms with Crippen molar-refractivity contribution in [2.24, 2.45) is 0 Å². The lowest BCUT2D eigenvalue weighted by Crippen LogP contribution is -2.37. The number of hydrogen-bond acceptors (Lipinski definition) is 6. The van der Waals surface area contributed by atoms with Gasteiger partial charge in [-0.05, 0) is 24.3 Å². The highest BCUT2D eigenvalue weighted by molar-refractivity contribution is 7.89. The monoisotopic (exact) mass is 434 g/mol. The molecule has 1 fully saturated rings. The largest absolute Gasteiger partial charge is 0.378 e. The predicted molar refractivity (Wildman–Crippen MR) is 115 cm³/mol. The molecule has 1 aromatic carbocycles. The lowest BCUT2D eigenvalue weighted by Gasteiger charge is -2.31. The summed E-state index contributed by atoms with van der Waals surface area (Å²) in [5, 5.41) is 2.80. The van der Waals surface area contributed by atoms with E-state index >= 15 is 0 Å². The molecule has 3 rings (SSSR count). The topological polar surface area (TPSA) is 112 Å². The van der Waals surface area contributed by atoms with E-state index in [0.717, 1.165) is 5.69 Å². The number of morpholine rings is 1. The Kier molecular flexibility index (Phi) is 6.91. The van der Waals surface area contributed by atoms with E-state index < -0.39 is 15.9 Å². The van der Waals surface area contributed by atoms with Crippen LogP contribution in [-0.4, -0.2) is 63.0 Å². The van der Waals surface area contributed by atoms with Gasteiger partial charge in [0.1, 0.15) is 0 Å². The van der Waals surface area contributed by atoms with Gasteiger partial charge in [-0.25, -0.2) is 8.42 Å². The van der Waals surface area contributed by atoms with Crippen LogP contribution in [0.4, 0.5) is 11.4 Å². The van der Waals surface area contributed by atoms with Crippen LogP contribution in [-0.2, 0) is 14.8 Å². The number of anilines is 2. The SMILES string of the molecule is CCN(CC)S(=O)(=O)c1ccc(N2CCOCC2)c(NC(=O)c2ccc(=O)[nH]c2)c1. The maximum atomic E-state index is 13.0. The lowest BCUT2D eigenvalue weighted by molar-refractivity contribution is 0.102. The van der Waals surface area contributed by atoms with Crippen LogP contribution in [0.3, 0.4) is 0 Å². The second-order valence-corrected chi connectivity index (χ2v) is 8.70. The molecule has 0 saturated carbocycles. The van der Waals surface area contributed by atoms with E-state index in [0.29, 0.717) is 45.1 Å². The van der Waals surface area contributed by atoms with Crippen LogP contribution >= 0.6 is 0 Å². The summed E-state index contributed by atoms with van der Waals surface area (Å²) in [7, 11) is -3.69. The maximum absolute atomic E-state index is 13.0. The third-order valence-corrected chi connectivity index (χ3v) is 7.00. The van der Waals surface area contributed by atoms with Crippen molar-refractivity contribution in [3.05, 3.63) is 52.4 Å². The minimum atomic E-state index is -3.69. The molecule has 10 heteroatoms. The summed E-state index contributed by atoms with van der Waals surface area (Å²) in [5.41, 5.74) is 1.06. The molecule has 0 atom stereocenters. The van der Waals surface area contributed by atoms with E-state index in [1.807, 2.05) is 4.90 Å². The third-order valence-electron chi connectivity index (χ3n) is 4.96. The summed E-state index contributed by atoms with van der Waals surface area (Å²) in [5.74, 6) is -0.446. The first-order chi connectivity index (χ1) is 14.4. The summed E-state index contributed by atoms with van der Waals surface area (Å²) in [6, 6.07) is 7.44. The van der Waals surface area contributed by atoms with Gasteiger partial charge in [0.15, 0.2) is 0 Å². The minimum absolute atomic E-state index is 0.111. The van der Waals surface area contributed by atoms with Gasteiger partial charge in [0.05, 0.1) is 35.0 Å². The van der Waals surface area contributed by atoms with Crippen LogP contribution in [0.15, 0.2) is 46.2 Å². The number of benzene rings is 1. The van der Waals surface area contributed by atoms with Crippen molar-refractivity contribution in [3.8, 4) is 0 Å². The Balaban J connectivity index is 2.00. The van der Waals surface area contributed by atoms with Gasteiger partial charge in [-0.2, -0.15) is 4.31 Å². The number of aromatic amines is 1. The van der Waals surface area contributed by atoms with Crippen molar-refractivity contribution >= 4 is 27.3 Å². The zero-order valence-electron chi connectivity index (χ0n) is 17.1. The third kappa shape index (κ3) is 4.72. The average Bonchev–Trinajstić information content (AvgIpc) is 2.75. The molecule has 0 aliphatic carbocycles. The molecule has 0 spiro atoms. The molecule has 30 heavy (non-hydrogen) atoms. The lowest BCUT2D eigenvalue weighted by atomic mass is 10.2. The Hall–Kier alpha value is -2.69. The number of rotatable bonds is 7. The first-order valence-electron chi connectivity index (χ1n) is 9.83. The van der Waals surface area contributed by atoms with Gasteiger partial charge in [0.2, 0.25) is 15.6 Å². The number of amides is 1. The molecule has 9 nitrogen and oxygen atoms in total. The molecule has 1 aliphatic rings. The van der Waals surface area contributed by atoms with Crippen molar-refractivity contribution in [3.63, 3.8) is 0 Å². The number of nitrogens with zero attached hydrogens (tertiary/aromatic N) is 2. The first kappa shape index (κ1) is 22.0. The first-order valence-corrected chi connectivity index (χ1v) is 11.3. The van der Waals surface area contributed by atoms with Crippen LogP contribution in [0.2, 0.25) is 0 Å². The van der Waals surface area contributed by atoms with Crippen LogP contribution in [0.5, 0.6) is 0 Å². The molecule has 1 saturated heterocycles. The second kappa shape index (κ2) is 9.41. The quantitative estimate of drug-likeness (QED) is 0.683. The summed E-state index contributed by atoms with van der Waals surface area (Å²) in [6.07, 6.45) is 1.32. The van der Waals surface area contributed by atoms with Gasteiger partial charge in [-0.3, -0.25) is 9.59 Å². The number of sulfonamides is 1. The Morgan fingerprint density at radius 2 is 1.87 bits per heavy atom. The standard InChI is InChI=1S/C20H26N4O5S/c1-3-24(4-2)30(27,28)16-6-7-18(23-9-11-29-12-10-23)17(13-16)22-20(26)15-5-8-19(25)21-14-15/h5-8,13-14H,3-4,9-12H2,1-2H3,(H,21,25)(H,22,26). The highest BCUT2D eigenvalue weighted by Crippen LogP contribution is 2.31. The van der Waals surface area contributed by atoms with Crippen LogP contribution in [0, 0.1) is 0 Å². The summed E-state index contributed by atoms with van der Waals surface area (Å²) in [4.78, 5) is 28.6. The predicted octanol–water partition coefficient (Wildman–Crippen LogP) is 1.49. The number of ether oxygens (including phenoxy) is 1. The zero-order chi connectivity index (χ0) is 21.7. The number of carbonyl (C=O) groups excluding carboxylic acids is 1. The molecular weight excluding hydrogens is 408 g/mol. The van der Waals surface area contributed by atoms with Crippen LogP contribution in [0.25, 0.3) is 0 Å². The molecule has 1 amide bonds. The van der Waals surface area contributed by atoms with E-state index in [2.05, 4.69) is 10.3 Å². The highest BCUT2D eigenvalue weighted by atomic mass is 32.2. The van der Waals surface area contributed by atoms with Gasteiger partial charge in [0.25, 0.3) is 5.91 Å². The van der Waals surface area contributed by atoms with E-state index in [1.165, 1.54) is 28.7 Å². The van der Waals surface area contributed by atoms with E-state index in [-0.39, 0.29) is 16.0 Å². The smallest absolute Gasteiger partial charge is 0.257 e. The van der Waals surface area contributed by atoms with E-state index in [4.69, 9.17) is 4.74 Å². The van der Waals surface area contributed by atoms with Gasteiger partial charge in [0, 0.05) is 38.4 Å². The molecule has 2 heterocycles. The van der Waals surface area contributed by atoms with Gasteiger partial charge in [-0.15, -0.1) is 0 Å². The normalized spacial score (nSPS) is 14.7. The van der Waals surface area contributed by atoms with Crippen LogP contribution < -0.4 is 15.8 Å². The molecule has 162 valence electrons. The molecule has 0 unspecified atom stereocenters. The van der Waals surface area contributed by atoms with Crippen molar-refractivity contribution in [2.45, 2.75) is 18.7 Å². The maximum Gasteiger partial charge on any atom is 0.257 e. The van der Waals surface area contributed by atoms with Crippen molar-refractivity contribution in [2.75, 3.05) is 49.6 Å². The van der Waals surface area contributed by atoms with Crippen LogP contribution in [0.1, 0.15) is 24.2 Å². The van der Waals surface area contributed by atoms with Crippen molar-refractivity contribution in [1.82, 2.24) is 9.29 Å². The summed E-state index contributed by atoms with van der Waals surface area (Å²) < 4.78 is 32.7. The summed E-state index contributed by atoms with van der Waals surface area (Å²) in [6.45, 7) is 6.61. The summed E-state index contributed by atoms with van der Waals surface area (Å²) >= 11 is 0. The minimum Gasteiger partial charge on any atom is -0.378 e. The Morgan fingerprint density at radius 3 is 2.47 bits per heavy atom. The number of H-pyrrole nitrogens is 1. The second-order valence-electron chi connectivity index (χ2n) is 6.76. The molecule has 2 aromatic rings. The highest BCUT2D eigenvalue weighted by Gasteiger charge is 2.25. The van der Waals surface area contributed by atoms with Crippen molar-refractivity contribution < 1.29 is 17.9 Å². The van der Waals surface area contributed by atoms with Crippen molar-refractivity contribution in [1.29, 1.82) is 0 Å². The molecule has 2 N–H and O–H groups in total. The van der Waals surface area contributed by atoms with Gasteiger partial charge in [-0.1, -0.05) is 13.8 Å². The Morgan fingerprint density at radius 1 is 1.17 bits per heavy atom. The fourth-order valence-electron chi connectivity index (χ4n) is 3.31. The van der Waals surface area contributed by atoms with E-state index in [9.17, 15) is 18.0 Å². The fraction of sp³-hybridized carbons (Fsp3) is 0.400. The van der Waals surface area contributed by atoms with Gasteiger partial charge < -0.3 is 19.9 Å². The molecule has 1 aromatic heterocycles. The Labute approximate surface area is 175 Å². The number of aromatic nitrogens is 1. The number of carbonyl (C=O) groups is 1. The zero-order valence-corrected chi connectivity index (χ0v) is 17.9. The number of hydrogen-bond donors (Lipinski definition) is 2. The number of nitrogens with one attached hydrogen (secondary N) is 2. The molecule has 0 radical (unpaired) electrons. The fourth-order valence-corrected chi connectivity index (χ4v) is 4.80. The molecule has 0 bridgehead atoms.